The van der Waals surface area contributed by atoms with Crippen molar-refractivity contribution in [2.75, 3.05) is 11.1 Å². The molecule has 0 saturated carbocycles. The molecule has 1 aromatic heterocycles. The number of nitrogens with zero attached hydrogens (tertiary/aromatic N) is 2. The van der Waals surface area contributed by atoms with E-state index in [1.165, 1.54) is 0 Å². The lowest BCUT2D eigenvalue weighted by molar-refractivity contribution is 1.42. The summed E-state index contributed by atoms with van der Waals surface area (Å²) in [5, 5.41) is 8.42. The molecule has 0 bridgehead atoms. The number of rotatable bonds is 3. The zero-order valence-electron chi connectivity index (χ0n) is 14.6. The Kier molecular flexibility index (Phi) is 3.77. The van der Waals surface area contributed by atoms with Crippen molar-refractivity contribution in [3.05, 3.63) is 70.6 Å². The van der Waals surface area contributed by atoms with Gasteiger partial charge < -0.3 is 11.1 Å². The standard InChI is InChI=1S/C21H18N4O/c1-12-3-6-15-18(9-12)23-19-11-14(25-26)5-7-16(19)21(15)24-20-10-13(2)4-8-17(20)22/h3-11H,22H2,1-2H3,(H,23,24). The first-order valence-electron chi connectivity index (χ1n) is 8.36. The maximum Gasteiger partial charge on any atom is 0.110 e. The van der Waals surface area contributed by atoms with Gasteiger partial charge in [0.05, 0.1) is 28.1 Å². The highest BCUT2D eigenvalue weighted by Crippen LogP contribution is 2.36. The van der Waals surface area contributed by atoms with Crippen LogP contribution in [0.4, 0.5) is 22.7 Å². The van der Waals surface area contributed by atoms with Crippen molar-refractivity contribution < 1.29 is 0 Å². The molecule has 26 heavy (non-hydrogen) atoms. The SMILES string of the molecule is Cc1ccc(N)c(Nc2c3ccc(C)cc3nc3cc(N=O)ccc23)c1. The van der Waals surface area contributed by atoms with E-state index in [-0.39, 0.29) is 0 Å². The Morgan fingerprint density at radius 2 is 1.54 bits per heavy atom. The molecular formula is C21H18N4O. The van der Waals surface area contributed by atoms with Gasteiger partial charge in [-0.1, -0.05) is 18.2 Å². The summed E-state index contributed by atoms with van der Waals surface area (Å²) in [5.74, 6) is 0. The maximum atomic E-state index is 10.9. The molecule has 0 unspecified atom stereocenters. The number of hydrogen-bond acceptors (Lipinski definition) is 5. The molecule has 3 N–H and O–H groups in total. The summed E-state index contributed by atoms with van der Waals surface area (Å²) in [5.41, 5.74) is 12.8. The van der Waals surface area contributed by atoms with Gasteiger partial charge in [0, 0.05) is 10.8 Å². The van der Waals surface area contributed by atoms with Crippen molar-refractivity contribution in [3.63, 3.8) is 0 Å². The van der Waals surface area contributed by atoms with Crippen LogP contribution in [0.2, 0.25) is 0 Å². The molecule has 0 atom stereocenters. The van der Waals surface area contributed by atoms with Gasteiger partial charge in [0.15, 0.2) is 0 Å². The highest BCUT2D eigenvalue weighted by atomic mass is 16.3. The topological polar surface area (TPSA) is 80.4 Å². The molecule has 0 fully saturated rings. The van der Waals surface area contributed by atoms with E-state index in [4.69, 9.17) is 10.7 Å². The number of pyridine rings is 1. The monoisotopic (exact) mass is 342 g/mol. The molecule has 0 saturated heterocycles. The average molecular weight is 342 g/mol. The molecular weight excluding hydrogens is 324 g/mol. The number of nitrogen functional groups attached to an aromatic ring is 1. The first-order chi connectivity index (χ1) is 12.5. The van der Waals surface area contributed by atoms with Crippen molar-refractivity contribution in [1.82, 2.24) is 4.98 Å². The van der Waals surface area contributed by atoms with Gasteiger partial charge in [-0.2, -0.15) is 0 Å². The number of aryl methyl sites for hydroxylation is 2. The van der Waals surface area contributed by atoms with Crippen LogP contribution >= 0.6 is 0 Å². The Morgan fingerprint density at radius 1 is 0.885 bits per heavy atom. The average Bonchev–Trinajstić information content (AvgIpc) is 2.63. The van der Waals surface area contributed by atoms with Gasteiger partial charge in [0.25, 0.3) is 0 Å². The quantitative estimate of drug-likeness (QED) is 0.283. The van der Waals surface area contributed by atoms with Crippen molar-refractivity contribution in [3.8, 4) is 0 Å². The van der Waals surface area contributed by atoms with E-state index < -0.39 is 0 Å². The number of hydrogen-bond donors (Lipinski definition) is 2. The van der Waals surface area contributed by atoms with Gasteiger partial charge in [0.1, 0.15) is 5.69 Å². The molecule has 0 amide bonds. The smallest absolute Gasteiger partial charge is 0.110 e. The molecule has 3 aromatic carbocycles. The second-order valence-electron chi connectivity index (χ2n) is 6.52. The second-order valence-corrected chi connectivity index (χ2v) is 6.52. The number of nitrogens with two attached hydrogens (primary N) is 1. The van der Waals surface area contributed by atoms with Crippen LogP contribution in [0.15, 0.2) is 59.8 Å². The first kappa shape index (κ1) is 16.0. The number of nitrogens with one attached hydrogen (secondary N) is 1. The summed E-state index contributed by atoms with van der Waals surface area (Å²) in [6.07, 6.45) is 0. The fourth-order valence-corrected chi connectivity index (χ4v) is 3.15. The van der Waals surface area contributed by atoms with Crippen LogP contribution in [0.1, 0.15) is 11.1 Å². The van der Waals surface area contributed by atoms with Gasteiger partial charge in [0.2, 0.25) is 0 Å². The zero-order chi connectivity index (χ0) is 18.3. The molecule has 0 aliphatic heterocycles. The zero-order valence-corrected chi connectivity index (χ0v) is 14.6. The van der Waals surface area contributed by atoms with Crippen LogP contribution in [0, 0.1) is 18.8 Å². The minimum Gasteiger partial charge on any atom is -0.397 e. The molecule has 0 aliphatic rings. The van der Waals surface area contributed by atoms with Gasteiger partial charge in [-0.15, -0.1) is 4.91 Å². The van der Waals surface area contributed by atoms with Crippen LogP contribution in [0.25, 0.3) is 21.8 Å². The van der Waals surface area contributed by atoms with Crippen LogP contribution < -0.4 is 11.1 Å². The third-order valence-electron chi connectivity index (χ3n) is 4.49. The normalized spacial score (nSPS) is 11.0. The Hall–Kier alpha value is -3.47. The Labute approximate surface area is 150 Å². The van der Waals surface area contributed by atoms with Crippen LogP contribution in [-0.2, 0) is 0 Å². The summed E-state index contributed by atoms with van der Waals surface area (Å²) < 4.78 is 0. The molecule has 4 aromatic rings. The summed E-state index contributed by atoms with van der Waals surface area (Å²) in [4.78, 5) is 15.6. The van der Waals surface area contributed by atoms with Crippen molar-refractivity contribution in [2.24, 2.45) is 5.18 Å². The van der Waals surface area contributed by atoms with Gasteiger partial charge >= 0.3 is 0 Å². The van der Waals surface area contributed by atoms with Gasteiger partial charge in [-0.3, -0.25) is 0 Å². The van der Waals surface area contributed by atoms with E-state index in [1.54, 1.807) is 12.1 Å². The Balaban J connectivity index is 2.03. The molecule has 5 heteroatoms. The number of fused-ring (bicyclic) bond motifs is 2. The minimum atomic E-state index is 0.359. The predicted octanol–water partition coefficient (Wildman–Crippen LogP) is 5.73. The Bertz CT molecular complexity index is 1170. The van der Waals surface area contributed by atoms with Crippen molar-refractivity contribution >= 4 is 44.6 Å². The van der Waals surface area contributed by atoms with Gasteiger partial charge in [-0.25, -0.2) is 4.98 Å². The third kappa shape index (κ3) is 2.73. The molecule has 1 heterocycles. The molecule has 5 nitrogen and oxygen atoms in total. The maximum absolute atomic E-state index is 10.9. The summed E-state index contributed by atoms with van der Waals surface area (Å²) >= 11 is 0. The highest BCUT2D eigenvalue weighted by Gasteiger charge is 2.12. The molecule has 0 radical (unpaired) electrons. The summed E-state index contributed by atoms with van der Waals surface area (Å²) in [7, 11) is 0. The van der Waals surface area contributed by atoms with E-state index in [0.717, 1.165) is 38.8 Å². The second kappa shape index (κ2) is 6.11. The summed E-state index contributed by atoms with van der Waals surface area (Å²) in [6.45, 7) is 4.05. The number of anilines is 3. The predicted molar refractivity (Wildman–Crippen MR) is 108 cm³/mol. The van der Waals surface area contributed by atoms with Gasteiger partial charge in [-0.05, 0) is 66.5 Å². The third-order valence-corrected chi connectivity index (χ3v) is 4.49. The fourth-order valence-electron chi connectivity index (χ4n) is 3.15. The van der Waals surface area contributed by atoms with E-state index in [2.05, 4.69) is 22.6 Å². The van der Waals surface area contributed by atoms with Crippen LogP contribution in [0.3, 0.4) is 0 Å². The van der Waals surface area contributed by atoms with Crippen LogP contribution in [-0.4, -0.2) is 4.98 Å². The van der Waals surface area contributed by atoms with E-state index in [9.17, 15) is 4.91 Å². The molecule has 128 valence electrons. The Morgan fingerprint density at radius 3 is 2.31 bits per heavy atom. The van der Waals surface area contributed by atoms with Crippen molar-refractivity contribution in [2.45, 2.75) is 13.8 Å². The van der Waals surface area contributed by atoms with Crippen molar-refractivity contribution in [1.29, 1.82) is 0 Å². The number of aromatic nitrogens is 1. The fraction of sp³-hybridized carbons (Fsp3) is 0.0952. The number of nitroso groups, excluding NO2 is 1. The largest absolute Gasteiger partial charge is 0.397 e. The lowest BCUT2D eigenvalue weighted by atomic mass is 10.0. The van der Waals surface area contributed by atoms with E-state index in [0.29, 0.717) is 16.9 Å². The van der Waals surface area contributed by atoms with Crippen LogP contribution in [0.5, 0.6) is 0 Å². The first-order valence-corrected chi connectivity index (χ1v) is 8.36. The van der Waals surface area contributed by atoms with E-state index in [1.807, 2.05) is 44.2 Å². The lowest BCUT2D eigenvalue weighted by Crippen LogP contribution is -1.99. The molecule has 0 spiro atoms. The molecule has 4 rings (SSSR count). The van der Waals surface area contributed by atoms with E-state index >= 15 is 0 Å². The minimum absolute atomic E-state index is 0.359. The highest BCUT2D eigenvalue weighted by molar-refractivity contribution is 6.09. The number of benzene rings is 3. The molecule has 0 aliphatic carbocycles. The summed E-state index contributed by atoms with van der Waals surface area (Å²) in [6, 6.07) is 17.3. The lowest BCUT2D eigenvalue weighted by Gasteiger charge is -2.15.